The van der Waals surface area contributed by atoms with E-state index in [0.717, 1.165) is 17.0 Å². The zero-order valence-corrected chi connectivity index (χ0v) is 11.8. The monoisotopic (exact) mass is 277 g/mol. The summed E-state index contributed by atoms with van der Waals surface area (Å²) >= 11 is 5.88. The third-order valence-corrected chi connectivity index (χ3v) is 3.54. The van der Waals surface area contributed by atoms with Crippen molar-refractivity contribution in [2.24, 2.45) is 0 Å². The van der Waals surface area contributed by atoms with Gasteiger partial charge >= 0.3 is 0 Å². The van der Waals surface area contributed by atoms with Crippen LogP contribution in [0.3, 0.4) is 0 Å². The van der Waals surface area contributed by atoms with E-state index < -0.39 is 0 Å². The summed E-state index contributed by atoms with van der Waals surface area (Å²) in [6, 6.07) is 13.2. The molecule has 0 bridgehead atoms. The predicted octanol–water partition coefficient (Wildman–Crippen LogP) is 4.29. The maximum atomic E-state index is 13.3. The molecule has 19 heavy (non-hydrogen) atoms. The summed E-state index contributed by atoms with van der Waals surface area (Å²) in [5.74, 6) is -0.162. The van der Waals surface area contributed by atoms with Gasteiger partial charge in [-0.15, -0.1) is 0 Å². The van der Waals surface area contributed by atoms with E-state index >= 15 is 0 Å². The first-order valence-electron chi connectivity index (χ1n) is 6.28. The Morgan fingerprint density at radius 1 is 1.16 bits per heavy atom. The lowest BCUT2D eigenvalue weighted by atomic mass is 9.97. The molecule has 0 fully saturated rings. The van der Waals surface area contributed by atoms with Gasteiger partial charge in [0.15, 0.2) is 0 Å². The zero-order valence-electron chi connectivity index (χ0n) is 11.1. The summed E-state index contributed by atoms with van der Waals surface area (Å²) in [4.78, 5) is 0. The highest BCUT2D eigenvalue weighted by Crippen LogP contribution is 2.21. The van der Waals surface area contributed by atoms with Crippen LogP contribution in [0.2, 0.25) is 5.02 Å². The van der Waals surface area contributed by atoms with Gasteiger partial charge in [-0.25, -0.2) is 4.39 Å². The second kappa shape index (κ2) is 6.18. The molecule has 100 valence electrons. The third kappa shape index (κ3) is 3.55. The third-order valence-electron chi connectivity index (χ3n) is 3.29. The highest BCUT2D eigenvalue weighted by Gasteiger charge is 2.11. The van der Waals surface area contributed by atoms with Crippen LogP contribution in [0.1, 0.15) is 22.7 Å². The van der Waals surface area contributed by atoms with Gasteiger partial charge in [0.2, 0.25) is 0 Å². The lowest BCUT2D eigenvalue weighted by molar-refractivity contribution is 0.583. The second-order valence-electron chi connectivity index (χ2n) is 4.68. The first-order chi connectivity index (χ1) is 9.10. The first kappa shape index (κ1) is 14.0. The van der Waals surface area contributed by atoms with Gasteiger partial charge in [-0.1, -0.05) is 35.9 Å². The molecular weight excluding hydrogens is 261 g/mol. The van der Waals surface area contributed by atoms with Crippen molar-refractivity contribution in [1.82, 2.24) is 5.32 Å². The molecule has 0 saturated carbocycles. The number of hydrogen-bond acceptors (Lipinski definition) is 1. The Morgan fingerprint density at radius 2 is 1.84 bits per heavy atom. The molecule has 1 atom stereocenters. The van der Waals surface area contributed by atoms with E-state index in [1.54, 1.807) is 6.92 Å². The van der Waals surface area contributed by atoms with Gasteiger partial charge in [-0.05, 0) is 55.3 Å². The van der Waals surface area contributed by atoms with E-state index in [9.17, 15) is 4.39 Å². The molecule has 2 aromatic carbocycles. The largest absolute Gasteiger partial charge is 0.313 e. The van der Waals surface area contributed by atoms with Crippen molar-refractivity contribution in [3.8, 4) is 0 Å². The van der Waals surface area contributed by atoms with Crippen LogP contribution in [0.5, 0.6) is 0 Å². The molecule has 0 heterocycles. The molecule has 0 radical (unpaired) electrons. The van der Waals surface area contributed by atoms with Crippen molar-refractivity contribution in [1.29, 1.82) is 0 Å². The van der Waals surface area contributed by atoms with Crippen LogP contribution in [-0.2, 0) is 6.42 Å². The highest BCUT2D eigenvalue weighted by atomic mass is 35.5. The number of rotatable bonds is 4. The summed E-state index contributed by atoms with van der Waals surface area (Å²) in [5.41, 5.74) is 2.97. The smallest absolute Gasteiger partial charge is 0.126 e. The molecule has 1 N–H and O–H groups in total. The van der Waals surface area contributed by atoms with Crippen LogP contribution in [0.25, 0.3) is 0 Å². The summed E-state index contributed by atoms with van der Waals surface area (Å²) in [6.07, 6.45) is 0.846. The van der Waals surface area contributed by atoms with Gasteiger partial charge in [-0.2, -0.15) is 0 Å². The number of hydrogen-bond donors (Lipinski definition) is 1. The fraction of sp³-hybridized carbons (Fsp3) is 0.250. The number of halogens is 2. The van der Waals surface area contributed by atoms with Crippen LogP contribution in [0.4, 0.5) is 4.39 Å². The van der Waals surface area contributed by atoms with Crippen molar-refractivity contribution in [3.05, 3.63) is 70.0 Å². The minimum absolute atomic E-state index is 0.162. The van der Waals surface area contributed by atoms with Crippen molar-refractivity contribution >= 4 is 11.6 Å². The van der Waals surface area contributed by atoms with Crippen molar-refractivity contribution < 1.29 is 4.39 Å². The molecule has 0 spiro atoms. The van der Waals surface area contributed by atoms with Gasteiger partial charge in [0, 0.05) is 11.1 Å². The van der Waals surface area contributed by atoms with Gasteiger partial charge in [-0.3, -0.25) is 0 Å². The normalized spacial score (nSPS) is 12.4. The van der Waals surface area contributed by atoms with Crippen LogP contribution in [0.15, 0.2) is 42.5 Å². The number of aryl methyl sites for hydroxylation is 1. The Hall–Kier alpha value is -1.38. The van der Waals surface area contributed by atoms with Crippen LogP contribution in [0, 0.1) is 12.7 Å². The van der Waals surface area contributed by atoms with E-state index in [4.69, 9.17) is 11.6 Å². The minimum atomic E-state index is -0.162. The summed E-state index contributed by atoms with van der Waals surface area (Å²) in [7, 11) is 1.92. The molecule has 2 rings (SSSR count). The molecule has 1 nitrogen and oxygen atoms in total. The van der Waals surface area contributed by atoms with Gasteiger partial charge in [0.25, 0.3) is 0 Å². The number of nitrogens with one attached hydrogen (secondary N) is 1. The Morgan fingerprint density at radius 3 is 2.42 bits per heavy atom. The lowest BCUT2D eigenvalue weighted by Gasteiger charge is -2.17. The molecule has 0 saturated heterocycles. The van der Waals surface area contributed by atoms with E-state index in [1.165, 1.54) is 11.6 Å². The molecule has 0 aliphatic heterocycles. The fourth-order valence-electron chi connectivity index (χ4n) is 2.13. The van der Waals surface area contributed by atoms with Crippen LogP contribution >= 0.6 is 11.6 Å². The van der Waals surface area contributed by atoms with E-state index in [2.05, 4.69) is 5.32 Å². The average molecular weight is 278 g/mol. The van der Waals surface area contributed by atoms with Gasteiger partial charge in [0.05, 0.1) is 0 Å². The Bertz CT molecular complexity index is 551. The zero-order chi connectivity index (χ0) is 13.8. The van der Waals surface area contributed by atoms with Crippen LogP contribution < -0.4 is 5.32 Å². The molecule has 0 amide bonds. The SMILES string of the molecule is CNC(Cc1ccc(Cl)cc1)c1ccc(F)c(C)c1. The van der Waals surface area contributed by atoms with Gasteiger partial charge in [0.1, 0.15) is 5.82 Å². The Labute approximate surface area is 118 Å². The van der Waals surface area contributed by atoms with E-state index in [1.807, 2.05) is 43.4 Å². The Balaban J connectivity index is 2.19. The molecule has 1 unspecified atom stereocenters. The van der Waals surface area contributed by atoms with Crippen molar-refractivity contribution in [2.75, 3.05) is 7.05 Å². The van der Waals surface area contributed by atoms with Crippen LogP contribution in [-0.4, -0.2) is 7.05 Å². The summed E-state index contributed by atoms with van der Waals surface area (Å²) < 4.78 is 13.3. The molecule has 2 aromatic rings. The van der Waals surface area contributed by atoms with Gasteiger partial charge < -0.3 is 5.32 Å². The maximum absolute atomic E-state index is 13.3. The maximum Gasteiger partial charge on any atom is 0.126 e. The molecule has 3 heteroatoms. The fourth-order valence-corrected chi connectivity index (χ4v) is 2.25. The topological polar surface area (TPSA) is 12.0 Å². The average Bonchev–Trinajstić information content (AvgIpc) is 2.41. The Kier molecular flexibility index (Phi) is 4.56. The molecule has 0 aromatic heterocycles. The first-order valence-corrected chi connectivity index (χ1v) is 6.65. The molecule has 0 aliphatic rings. The number of benzene rings is 2. The minimum Gasteiger partial charge on any atom is -0.313 e. The molecular formula is C16H17ClFN. The second-order valence-corrected chi connectivity index (χ2v) is 5.12. The quantitative estimate of drug-likeness (QED) is 0.879. The van der Waals surface area contributed by atoms with Crippen molar-refractivity contribution in [3.63, 3.8) is 0 Å². The standard InChI is InChI=1S/C16H17ClFN/c1-11-9-13(5-8-15(11)18)16(19-2)10-12-3-6-14(17)7-4-12/h3-9,16,19H,10H2,1-2H3. The van der Waals surface area contributed by atoms with E-state index in [-0.39, 0.29) is 11.9 Å². The summed E-state index contributed by atoms with van der Waals surface area (Å²) in [6.45, 7) is 1.79. The molecule has 0 aliphatic carbocycles. The lowest BCUT2D eigenvalue weighted by Crippen LogP contribution is -2.19. The highest BCUT2D eigenvalue weighted by molar-refractivity contribution is 6.30. The summed E-state index contributed by atoms with van der Waals surface area (Å²) in [5, 5.41) is 4.01. The van der Waals surface area contributed by atoms with Crippen molar-refractivity contribution in [2.45, 2.75) is 19.4 Å². The number of likely N-dealkylation sites (N-methyl/N-ethyl adjacent to an activating group) is 1. The predicted molar refractivity (Wildman–Crippen MR) is 78.1 cm³/mol. The van der Waals surface area contributed by atoms with E-state index in [0.29, 0.717) is 5.56 Å².